The number of carbonyl (C=O) groups is 1. The monoisotopic (exact) mass is 423 g/mol. The molecule has 8 nitrogen and oxygen atoms in total. The van der Waals surface area contributed by atoms with Crippen molar-refractivity contribution in [1.29, 1.82) is 0 Å². The second-order valence-corrected chi connectivity index (χ2v) is 8.34. The highest BCUT2D eigenvalue weighted by Crippen LogP contribution is 2.31. The molecule has 1 amide bonds. The molecular formula is C21H21N5O3S. The highest BCUT2D eigenvalue weighted by atomic mass is 32.1. The summed E-state index contributed by atoms with van der Waals surface area (Å²) < 4.78 is 0. The van der Waals surface area contributed by atoms with Gasteiger partial charge in [0.05, 0.1) is 16.2 Å². The molecule has 0 spiro atoms. The van der Waals surface area contributed by atoms with Gasteiger partial charge in [0.25, 0.3) is 11.6 Å². The van der Waals surface area contributed by atoms with E-state index in [0.29, 0.717) is 21.7 Å². The fraction of sp³-hybridized carbons (Fsp3) is 0.286. The van der Waals surface area contributed by atoms with Gasteiger partial charge >= 0.3 is 0 Å². The normalized spacial score (nSPS) is 14.5. The molecule has 30 heavy (non-hydrogen) atoms. The van der Waals surface area contributed by atoms with E-state index in [9.17, 15) is 14.9 Å². The number of non-ortho nitro benzene ring substituents is 1. The molecule has 4 rings (SSSR count). The Morgan fingerprint density at radius 1 is 1.17 bits per heavy atom. The Morgan fingerprint density at radius 2 is 1.90 bits per heavy atom. The Morgan fingerprint density at radius 3 is 2.60 bits per heavy atom. The summed E-state index contributed by atoms with van der Waals surface area (Å²) in [6.07, 6.45) is 2.05. The number of anilines is 2. The van der Waals surface area contributed by atoms with E-state index < -0.39 is 10.8 Å². The Hall–Kier alpha value is -3.33. The van der Waals surface area contributed by atoms with E-state index in [4.69, 9.17) is 0 Å². The molecule has 9 heteroatoms. The lowest BCUT2D eigenvalue weighted by atomic mass is 9.98. The number of benzene rings is 2. The molecule has 0 radical (unpaired) electrons. The molecule has 1 aliphatic rings. The maximum Gasteiger partial charge on any atom is 0.270 e. The van der Waals surface area contributed by atoms with E-state index >= 15 is 0 Å². The number of nitrogens with one attached hydrogen (secondary N) is 1. The first-order valence-corrected chi connectivity index (χ1v) is 10.6. The third-order valence-electron chi connectivity index (χ3n) is 5.23. The van der Waals surface area contributed by atoms with E-state index in [0.717, 1.165) is 31.5 Å². The number of amides is 1. The third kappa shape index (κ3) is 4.30. The van der Waals surface area contributed by atoms with E-state index in [1.807, 2.05) is 30.3 Å². The Kier molecular flexibility index (Phi) is 5.71. The lowest BCUT2D eigenvalue weighted by molar-refractivity contribution is -0.384. The van der Waals surface area contributed by atoms with Crippen LogP contribution >= 0.6 is 11.3 Å². The zero-order chi connectivity index (χ0) is 21.1. The maximum absolute atomic E-state index is 13.0. The number of nitro benzene ring substituents is 1. The molecule has 0 bridgehead atoms. The molecule has 1 saturated heterocycles. The molecule has 1 fully saturated rings. The van der Waals surface area contributed by atoms with Crippen LogP contribution in [0.15, 0.2) is 48.5 Å². The minimum Gasteiger partial charge on any atom is -0.371 e. The van der Waals surface area contributed by atoms with Crippen LogP contribution in [0.2, 0.25) is 0 Å². The van der Waals surface area contributed by atoms with Crippen molar-refractivity contribution in [2.75, 3.05) is 23.3 Å². The molecule has 1 aliphatic heterocycles. The summed E-state index contributed by atoms with van der Waals surface area (Å²) >= 11 is 1.26. The van der Waals surface area contributed by atoms with E-state index in [1.54, 1.807) is 6.07 Å². The van der Waals surface area contributed by atoms with Gasteiger partial charge in [0.2, 0.25) is 5.13 Å². The van der Waals surface area contributed by atoms with Crippen molar-refractivity contribution in [2.24, 2.45) is 5.92 Å². The van der Waals surface area contributed by atoms with Crippen LogP contribution in [0.3, 0.4) is 0 Å². The Bertz CT molecular complexity index is 1060. The van der Waals surface area contributed by atoms with Crippen LogP contribution in [0.25, 0.3) is 10.6 Å². The largest absolute Gasteiger partial charge is 0.371 e. The quantitative estimate of drug-likeness (QED) is 0.475. The summed E-state index contributed by atoms with van der Waals surface area (Å²) in [5, 5.41) is 23.3. The first-order chi connectivity index (χ1) is 14.5. The van der Waals surface area contributed by atoms with Gasteiger partial charge in [0.15, 0.2) is 0 Å². The Labute approximate surface area is 177 Å². The zero-order valence-corrected chi connectivity index (χ0v) is 17.3. The number of carbonyl (C=O) groups excluding carboxylic acids is 1. The summed E-state index contributed by atoms with van der Waals surface area (Å²) in [4.78, 5) is 25.9. The minimum atomic E-state index is -0.489. The van der Waals surface area contributed by atoms with E-state index in [1.165, 1.54) is 23.5 Å². The van der Waals surface area contributed by atoms with Crippen LogP contribution in [0, 0.1) is 16.0 Å². The number of rotatable bonds is 5. The van der Waals surface area contributed by atoms with Gasteiger partial charge in [-0.05, 0) is 24.8 Å². The number of aromatic nitrogens is 2. The predicted octanol–water partition coefficient (Wildman–Crippen LogP) is 4.60. The van der Waals surface area contributed by atoms with Gasteiger partial charge in [0, 0.05) is 30.8 Å². The van der Waals surface area contributed by atoms with Crippen molar-refractivity contribution < 1.29 is 9.72 Å². The smallest absolute Gasteiger partial charge is 0.270 e. The third-order valence-corrected chi connectivity index (χ3v) is 6.11. The van der Waals surface area contributed by atoms with Crippen molar-refractivity contribution >= 4 is 33.8 Å². The van der Waals surface area contributed by atoms with Gasteiger partial charge in [0.1, 0.15) is 5.01 Å². The topological polar surface area (TPSA) is 101 Å². The molecule has 0 unspecified atom stereocenters. The van der Waals surface area contributed by atoms with Gasteiger partial charge in [-0.15, -0.1) is 10.2 Å². The molecule has 1 aromatic heterocycles. The lowest BCUT2D eigenvalue weighted by Crippen LogP contribution is -2.34. The highest BCUT2D eigenvalue weighted by Gasteiger charge is 2.24. The maximum atomic E-state index is 13.0. The molecule has 0 atom stereocenters. The number of nitro groups is 1. The van der Waals surface area contributed by atoms with Crippen molar-refractivity contribution in [3.8, 4) is 10.6 Å². The molecule has 0 saturated carbocycles. The number of nitrogens with zero attached hydrogens (tertiary/aromatic N) is 4. The van der Waals surface area contributed by atoms with Crippen LogP contribution in [-0.2, 0) is 0 Å². The van der Waals surface area contributed by atoms with Gasteiger partial charge in [-0.2, -0.15) is 0 Å². The molecule has 0 aliphatic carbocycles. The van der Waals surface area contributed by atoms with Crippen LogP contribution in [-0.4, -0.2) is 34.1 Å². The van der Waals surface area contributed by atoms with Crippen LogP contribution in [0.5, 0.6) is 0 Å². The minimum absolute atomic E-state index is 0.114. The average Bonchev–Trinajstić information content (AvgIpc) is 3.23. The number of hydrogen-bond donors (Lipinski definition) is 1. The standard InChI is InChI=1S/C21H21N5O3S/c1-14-9-11-25(12-10-14)18-8-7-16(26(28)29)13-17(18)19(27)22-21-24-23-20(30-21)15-5-3-2-4-6-15/h2-8,13-14H,9-12H2,1H3,(H,22,24,27). The second kappa shape index (κ2) is 8.58. The molecule has 1 N–H and O–H groups in total. The second-order valence-electron chi connectivity index (χ2n) is 7.36. The zero-order valence-electron chi connectivity index (χ0n) is 16.4. The van der Waals surface area contributed by atoms with Crippen LogP contribution in [0.4, 0.5) is 16.5 Å². The van der Waals surface area contributed by atoms with Crippen molar-refractivity contribution in [3.63, 3.8) is 0 Å². The molecular weight excluding hydrogens is 402 g/mol. The fourth-order valence-corrected chi connectivity index (χ4v) is 4.22. The molecule has 3 aromatic rings. The van der Waals surface area contributed by atoms with Crippen LogP contribution < -0.4 is 10.2 Å². The summed E-state index contributed by atoms with van der Waals surface area (Å²) in [6, 6.07) is 14.0. The Balaban J connectivity index is 1.60. The average molecular weight is 423 g/mol. The first kappa shape index (κ1) is 20.0. The summed E-state index contributed by atoms with van der Waals surface area (Å²) in [7, 11) is 0. The number of hydrogen-bond acceptors (Lipinski definition) is 7. The van der Waals surface area contributed by atoms with E-state index in [2.05, 4.69) is 27.3 Å². The fourth-order valence-electron chi connectivity index (χ4n) is 3.48. The van der Waals surface area contributed by atoms with Gasteiger partial charge in [-0.3, -0.25) is 20.2 Å². The van der Waals surface area contributed by atoms with Crippen molar-refractivity contribution in [3.05, 3.63) is 64.2 Å². The first-order valence-electron chi connectivity index (χ1n) is 9.75. The molecule has 154 valence electrons. The van der Waals surface area contributed by atoms with Crippen LogP contribution in [0.1, 0.15) is 30.1 Å². The van der Waals surface area contributed by atoms with Crippen molar-refractivity contribution in [2.45, 2.75) is 19.8 Å². The van der Waals surface area contributed by atoms with E-state index in [-0.39, 0.29) is 11.3 Å². The summed E-state index contributed by atoms with van der Waals surface area (Å²) in [6.45, 7) is 3.84. The van der Waals surface area contributed by atoms with Gasteiger partial charge < -0.3 is 4.90 Å². The SMILES string of the molecule is CC1CCN(c2ccc([N+](=O)[O-])cc2C(=O)Nc2nnc(-c3ccccc3)s2)CC1. The lowest BCUT2D eigenvalue weighted by Gasteiger charge is -2.33. The predicted molar refractivity (Wildman–Crippen MR) is 117 cm³/mol. The van der Waals surface area contributed by atoms with Crippen molar-refractivity contribution in [1.82, 2.24) is 10.2 Å². The highest BCUT2D eigenvalue weighted by molar-refractivity contribution is 7.18. The van der Waals surface area contributed by atoms with Gasteiger partial charge in [-0.1, -0.05) is 48.6 Å². The summed E-state index contributed by atoms with van der Waals surface area (Å²) in [5.41, 5.74) is 1.78. The molecule has 2 heterocycles. The number of piperidine rings is 1. The summed E-state index contributed by atoms with van der Waals surface area (Å²) in [5.74, 6) is 0.206. The molecule has 2 aromatic carbocycles. The van der Waals surface area contributed by atoms with Gasteiger partial charge in [-0.25, -0.2) is 0 Å².